The van der Waals surface area contributed by atoms with Crippen molar-refractivity contribution in [3.8, 4) is 6.07 Å². The second-order valence-electron chi connectivity index (χ2n) is 7.91. The Kier molecular flexibility index (Phi) is 5.00. The molecule has 6 aromatic rings. The van der Waals surface area contributed by atoms with Gasteiger partial charge in [0.05, 0.1) is 28.5 Å². The van der Waals surface area contributed by atoms with Gasteiger partial charge in [-0.1, -0.05) is 36.4 Å². The number of thiophene rings is 1. The highest BCUT2D eigenvalue weighted by Gasteiger charge is 2.17. The zero-order chi connectivity index (χ0) is 23.8. The van der Waals surface area contributed by atoms with E-state index in [4.69, 9.17) is 21.2 Å². The summed E-state index contributed by atoms with van der Waals surface area (Å²) >= 11 is 1.51. The maximum absolute atomic E-state index is 9.05. The number of para-hydroxylation sites is 2. The van der Waals surface area contributed by atoms with Crippen LogP contribution in [-0.2, 0) is 0 Å². The molecule has 3 aromatic heterocycles. The van der Waals surface area contributed by atoms with Gasteiger partial charge in [0.2, 0.25) is 0 Å². The molecule has 0 aliphatic rings. The van der Waals surface area contributed by atoms with Gasteiger partial charge in [0.25, 0.3) is 5.70 Å². The van der Waals surface area contributed by atoms with Gasteiger partial charge in [-0.3, -0.25) is 4.90 Å². The van der Waals surface area contributed by atoms with E-state index in [1.807, 2.05) is 60.7 Å². The fourth-order valence-electron chi connectivity index (χ4n) is 4.16. The average molecular weight is 469 g/mol. The first-order valence-corrected chi connectivity index (χ1v) is 11.7. The Bertz CT molecular complexity index is 1820. The molecule has 0 aliphatic heterocycles. The number of rotatable bonds is 4. The Labute approximate surface area is 205 Å². The van der Waals surface area contributed by atoms with Crippen molar-refractivity contribution < 1.29 is 4.42 Å². The van der Waals surface area contributed by atoms with Crippen LogP contribution in [0.2, 0.25) is 0 Å². The Morgan fingerprint density at radius 3 is 2.60 bits per heavy atom. The number of hydrogen-bond donors (Lipinski definition) is 0. The van der Waals surface area contributed by atoms with E-state index in [9.17, 15) is 0 Å². The summed E-state index contributed by atoms with van der Waals surface area (Å²) in [4.78, 5) is 11.1. The molecular weight excluding hydrogens is 452 g/mol. The number of nitrogens with zero attached hydrogens (tertiary/aromatic N) is 4. The normalized spacial score (nSPS) is 11.5. The molecule has 164 valence electrons. The van der Waals surface area contributed by atoms with Gasteiger partial charge in [-0.15, -0.1) is 11.3 Å². The zero-order valence-electron chi connectivity index (χ0n) is 18.3. The summed E-state index contributed by atoms with van der Waals surface area (Å²) in [7, 11) is 0. The van der Waals surface area contributed by atoms with Crippen LogP contribution in [-0.4, -0.2) is 4.98 Å². The van der Waals surface area contributed by atoms with Crippen LogP contribution in [0.15, 0.2) is 101 Å². The van der Waals surface area contributed by atoms with Crippen molar-refractivity contribution >= 4 is 66.8 Å². The maximum atomic E-state index is 9.05. The Balaban J connectivity index is 1.48. The van der Waals surface area contributed by atoms with Crippen molar-refractivity contribution in [2.24, 2.45) is 0 Å². The summed E-state index contributed by atoms with van der Waals surface area (Å²) < 4.78 is 7.18. The first kappa shape index (κ1) is 20.7. The molecule has 3 heterocycles. The molecule has 0 fully saturated rings. The smallest absolute Gasteiger partial charge is 0.263 e. The van der Waals surface area contributed by atoms with Gasteiger partial charge in [0.1, 0.15) is 17.0 Å². The third-order valence-electron chi connectivity index (χ3n) is 5.75. The van der Waals surface area contributed by atoms with Crippen LogP contribution in [0, 0.1) is 17.9 Å². The predicted octanol–water partition coefficient (Wildman–Crippen LogP) is 8.45. The molecule has 35 heavy (non-hydrogen) atoms. The van der Waals surface area contributed by atoms with Gasteiger partial charge in [-0.25, -0.2) is 15.1 Å². The predicted molar refractivity (Wildman–Crippen MR) is 142 cm³/mol. The molecule has 0 bridgehead atoms. The quantitative estimate of drug-likeness (QED) is 0.192. The fraction of sp³-hybridized carbons (Fsp3) is 0. The van der Waals surface area contributed by atoms with Crippen LogP contribution < -0.4 is 4.90 Å². The minimum Gasteiger partial charge on any atom is -0.455 e. The molecule has 0 aliphatic carbocycles. The highest BCUT2D eigenvalue weighted by atomic mass is 32.1. The summed E-state index contributed by atoms with van der Waals surface area (Å²) in [5.74, 6) is 0.818. The minimum absolute atomic E-state index is 0.0573. The van der Waals surface area contributed by atoms with E-state index in [0.29, 0.717) is 0 Å². The highest BCUT2D eigenvalue weighted by Crippen LogP contribution is 2.40. The number of pyridine rings is 1. The van der Waals surface area contributed by atoms with Crippen LogP contribution in [0.3, 0.4) is 0 Å². The summed E-state index contributed by atoms with van der Waals surface area (Å²) in [6.07, 6.45) is 1.59. The third-order valence-corrected chi connectivity index (χ3v) is 6.84. The van der Waals surface area contributed by atoms with Gasteiger partial charge in [0.15, 0.2) is 0 Å². The number of nitriles is 1. The first-order chi connectivity index (χ1) is 17.2. The number of furan rings is 1. The van der Waals surface area contributed by atoms with Gasteiger partial charge < -0.3 is 4.42 Å². The van der Waals surface area contributed by atoms with Gasteiger partial charge >= 0.3 is 0 Å². The van der Waals surface area contributed by atoms with Crippen molar-refractivity contribution in [2.45, 2.75) is 0 Å². The number of aromatic nitrogens is 1. The molecule has 0 saturated heterocycles. The van der Waals surface area contributed by atoms with Gasteiger partial charge in [0, 0.05) is 27.4 Å². The third kappa shape index (κ3) is 3.69. The zero-order valence-corrected chi connectivity index (χ0v) is 19.2. The van der Waals surface area contributed by atoms with Crippen molar-refractivity contribution in [2.75, 3.05) is 4.90 Å². The lowest BCUT2D eigenvalue weighted by Crippen LogP contribution is -2.11. The summed E-state index contributed by atoms with van der Waals surface area (Å²) in [5.41, 5.74) is 4.44. The van der Waals surface area contributed by atoms with Crippen LogP contribution in [0.5, 0.6) is 0 Å². The van der Waals surface area contributed by atoms with Crippen molar-refractivity contribution in [3.05, 3.63) is 113 Å². The van der Waals surface area contributed by atoms with E-state index < -0.39 is 0 Å². The number of fused-ring (bicyclic) bond motifs is 4. The van der Waals surface area contributed by atoms with Crippen molar-refractivity contribution in [1.82, 2.24) is 4.98 Å². The number of hydrogen-bond acceptors (Lipinski definition) is 5. The Hall–Kier alpha value is -4.91. The molecule has 0 saturated carbocycles. The fourth-order valence-corrected chi connectivity index (χ4v) is 5.21. The molecule has 6 rings (SSSR count). The monoisotopic (exact) mass is 468 g/mol. The molecule has 5 nitrogen and oxygen atoms in total. The molecular formula is C29H16N4OS. The van der Waals surface area contributed by atoms with Crippen LogP contribution in [0.4, 0.5) is 17.2 Å². The van der Waals surface area contributed by atoms with Crippen molar-refractivity contribution in [3.63, 3.8) is 0 Å². The van der Waals surface area contributed by atoms with E-state index >= 15 is 0 Å². The average Bonchev–Trinajstić information content (AvgIpc) is 3.45. The minimum atomic E-state index is 0.0573. The Morgan fingerprint density at radius 2 is 1.77 bits per heavy atom. The van der Waals surface area contributed by atoms with E-state index in [0.717, 1.165) is 54.2 Å². The number of allylic oxidation sites excluding steroid dienone is 1. The molecule has 3 aromatic carbocycles. The summed E-state index contributed by atoms with van der Waals surface area (Å²) in [5, 5.41) is 11.1. The second-order valence-corrected chi connectivity index (χ2v) is 8.99. The number of anilines is 3. The molecule has 0 atom stereocenters. The largest absolute Gasteiger partial charge is 0.455 e. The molecule has 6 heteroatoms. The summed E-state index contributed by atoms with van der Waals surface area (Å²) in [6.45, 7) is 7.09. The van der Waals surface area contributed by atoms with Gasteiger partial charge in [-0.2, -0.15) is 0 Å². The SMILES string of the molecule is [C-]#[N+]/C(C#N)=C\c1cc2oc3cc(N(c4ccccc4)c4ccc5ccccc5n4)ccc3c2s1. The van der Waals surface area contributed by atoms with Gasteiger partial charge in [-0.05, 0) is 54.6 Å². The Morgan fingerprint density at radius 1 is 0.943 bits per heavy atom. The molecule has 0 N–H and O–H groups in total. The van der Waals surface area contributed by atoms with E-state index in [1.165, 1.54) is 11.3 Å². The lowest BCUT2D eigenvalue weighted by molar-refractivity contribution is 0.670. The maximum Gasteiger partial charge on any atom is 0.263 e. The standard InChI is InChI=1S/C29H16N4OS/c1-31-20(18-30)15-23-17-27-29(35-23)24-13-12-22(16-26(24)34-27)33(21-8-3-2-4-9-21)28-14-11-19-7-5-6-10-25(19)32-28/h2-17H/b20-15-. The molecule has 0 amide bonds. The number of benzene rings is 3. The van der Waals surface area contributed by atoms with Crippen LogP contribution in [0.25, 0.3) is 43.1 Å². The first-order valence-electron chi connectivity index (χ1n) is 10.9. The second kappa shape index (κ2) is 8.46. The molecule has 0 radical (unpaired) electrons. The lowest BCUT2D eigenvalue weighted by Gasteiger charge is -2.24. The van der Waals surface area contributed by atoms with E-state index in [1.54, 1.807) is 6.08 Å². The van der Waals surface area contributed by atoms with E-state index in [-0.39, 0.29) is 5.70 Å². The van der Waals surface area contributed by atoms with Crippen LogP contribution in [0.1, 0.15) is 4.88 Å². The van der Waals surface area contributed by atoms with E-state index in [2.05, 4.69) is 46.1 Å². The van der Waals surface area contributed by atoms with Crippen LogP contribution >= 0.6 is 11.3 Å². The van der Waals surface area contributed by atoms with Crippen molar-refractivity contribution in [1.29, 1.82) is 5.26 Å². The molecule has 0 unspecified atom stereocenters. The topological polar surface area (TPSA) is 57.4 Å². The highest BCUT2D eigenvalue weighted by molar-refractivity contribution is 7.20. The summed E-state index contributed by atoms with van der Waals surface area (Å²) in [6, 6.07) is 32.3. The lowest BCUT2D eigenvalue weighted by atomic mass is 10.1. The molecule has 0 spiro atoms.